The van der Waals surface area contributed by atoms with Gasteiger partial charge in [-0.25, -0.2) is 0 Å². The van der Waals surface area contributed by atoms with E-state index in [9.17, 15) is 0 Å². The van der Waals surface area contributed by atoms with E-state index in [0.29, 0.717) is 0 Å². The van der Waals surface area contributed by atoms with E-state index in [1.54, 1.807) is 0 Å². The molecule has 2 aromatic rings. The van der Waals surface area contributed by atoms with Crippen LogP contribution in [0.4, 0.5) is 0 Å². The van der Waals surface area contributed by atoms with Gasteiger partial charge in [-0.05, 0) is 18.6 Å². The number of rotatable bonds is 2. The number of aliphatic imine (C=N–C) groups is 1. The summed E-state index contributed by atoms with van der Waals surface area (Å²) >= 11 is 7.82. The molecule has 3 nitrogen and oxygen atoms in total. The SMILES string of the molecule is CCc1nn(C)c2c1C(c1ccc(Cl)cc1)=NCCS2.Cl. The number of benzene rings is 1. The fourth-order valence-corrected chi connectivity index (χ4v) is 3.52. The van der Waals surface area contributed by atoms with Crippen molar-refractivity contribution in [2.45, 2.75) is 18.4 Å². The quantitative estimate of drug-likeness (QED) is 0.826. The predicted octanol–water partition coefficient (Wildman–Crippen LogP) is 4.00. The maximum Gasteiger partial charge on any atom is 0.103 e. The molecule has 3 rings (SSSR count). The Hall–Kier alpha value is -0.970. The van der Waals surface area contributed by atoms with Crippen molar-refractivity contribution < 1.29 is 0 Å². The van der Waals surface area contributed by atoms with E-state index in [2.05, 4.69) is 12.0 Å². The summed E-state index contributed by atoms with van der Waals surface area (Å²) in [5, 5.41) is 6.60. The first-order valence-corrected chi connectivity index (χ1v) is 8.06. The first kappa shape index (κ1) is 16.4. The zero-order valence-corrected chi connectivity index (χ0v) is 14.4. The van der Waals surface area contributed by atoms with E-state index in [0.717, 1.165) is 40.7 Å². The summed E-state index contributed by atoms with van der Waals surface area (Å²) in [6.45, 7) is 2.97. The lowest BCUT2D eigenvalue weighted by Gasteiger charge is -2.07. The van der Waals surface area contributed by atoms with E-state index in [-0.39, 0.29) is 12.4 Å². The second kappa shape index (κ2) is 6.86. The molecule has 1 aliphatic rings. The second-order valence-corrected chi connectivity index (χ2v) is 6.21. The number of hydrogen-bond donors (Lipinski definition) is 0. The fourth-order valence-electron chi connectivity index (χ4n) is 2.43. The third-order valence-electron chi connectivity index (χ3n) is 3.36. The smallest absolute Gasteiger partial charge is 0.103 e. The molecule has 0 amide bonds. The topological polar surface area (TPSA) is 30.2 Å². The zero-order chi connectivity index (χ0) is 14.1. The molecule has 1 aromatic carbocycles. The van der Waals surface area contributed by atoms with E-state index in [4.69, 9.17) is 16.6 Å². The second-order valence-electron chi connectivity index (χ2n) is 4.69. The molecule has 0 unspecified atom stereocenters. The van der Waals surface area contributed by atoms with Gasteiger partial charge in [0.15, 0.2) is 0 Å². The van der Waals surface area contributed by atoms with Crippen LogP contribution in [0.3, 0.4) is 0 Å². The van der Waals surface area contributed by atoms with Gasteiger partial charge in [0, 0.05) is 29.9 Å². The Bertz CT molecular complexity index is 662. The van der Waals surface area contributed by atoms with Crippen LogP contribution in [0.15, 0.2) is 34.3 Å². The monoisotopic (exact) mass is 341 g/mol. The molecule has 0 fully saturated rings. The normalized spacial score (nSPS) is 14.0. The van der Waals surface area contributed by atoms with Gasteiger partial charge in [-0.2, -0.15) is 5.10 Å². The Balaban J connectivity index is 0.00000161. The molecule has 6 heteroatoms. The molecule has 0 radical (unpaired) electrons. The molecule has 1 aliphatic heterocycles. The minimum atomic E-state index is 0. The largest absolute Gasteiger partial charge is 0.283 e. The Morgan fingerprint density at radius 2 is 2.00 bits per heavy atom. The molecule has 0 atom stereocenters. The Labute approximate surface area is 140 Å². The molecule has 0 aliphatic carbocycles. The van der Waals surface area contributed by atoms with Crippen molar-refractivity contribution >= 4 is 41.5 Å². The molecule has 0 saturated heterocycles. The van der Waals surface area contributed by atoms with Crippen molar-refractivity contribution in [3.8, 4) is 0 Å². The Morgan fingerprint density at radius 1 is 1.29 bits per heavy atom. The van der Waals surface area contributed by atoms with Gasteiger partial charge in [0.2, 0.25) is 0 Å². The average molecular weight is 342 g/mol. The van der Waals surface area contributed by atoms with E-state index >= 15 is 0 Å². The minimum Gasteiger partial charge on any atom is -0.283 e. The highest BCUT2D eigenvalue weighted by Gasteiger charge is 2.23. The van der Waals surface area contributed by atoms with Crippen molar-refractivity contribution in [2.75, 3.05) is 12.3 Å². The van der Waals surface area contributed by atoms with Crippen LogP contribution in [0, 0.1) is 0 Å². The number of aryl methyl sites for hydroxylation is 2. The molecule has 21 heavy (non-hydrogen) atoms. The van der Waals surface area contributed by atoms with Gasteiger partial charge in [-0.3, -0.25) is 9.67 Å². The minimum absolute atomic E-state index is 0. The van der Waals surface area contributed by atoms with Crippen LogP contribution < -0.4 is 0 Å². The van der Waals surface area contributed by atoms with Crippen LogP contribution in [0.25, 0.3) is 0 Å². The molecule has 1 aromatic heterocycles. The third-order valence-corrected chi connectivity index (χ3v) is 4.74. The van der Waals surface area contributed by atoms with Gasteiger partial charge < -0.3 is 0 Å². The summed E-state index contributed by atoms with van der Waals surface area (Å²) < 4.78 is 1.98. The summed E-state index contributed by atoms with van der Waals surface area (Å²) in [5.74, 6) is 0.993. The van der Waals surface area contributed by atoms with Gasteiger partial charge in [0.1, 0.15) is 5.03 Å². The Morgan fingerprint density at radius 3 is 2.67 bits per heavy atom. The maximum absolute atomic E-state index is 5.99. The van der Waals surface area contributed by atoms with Crippen molar-refractivity contribution in [3.05, 3.63) is 46.1 Å². The lowest BCUT2D eigenvalue weighted by atomic mass is 10.0. The summed E-state index contributed by atoms with van der Waals surface area (Å²) in [6, 6.07) is 7.90. The third kappa shape index (κ3) is 3.12. The van der Waals surface area contributed by atoms with Crippen molar-refractivity contribution in [1.82, 2.24) is 9.78 Å². The van der Waals surface area contributed by atoms with Crippen LogP contribution in [0.5, 0.6) is 0 Å². The highest BCUT2D eigenvalue weighted by atomic mass is 35.5. The lowest BCUT2D eigenvalue weighted by Crippen LogP contribution is -2.06. The summed E-state index contributed by atoms with van der Waals surface area (Å²) in [6.07, 6.45) is 0.913. The van der Waals surface area contributed by atoms with Gasteiger partial charge in [0.05, 0.1) is 17.0 Å². The van der Waals surface area contributed by atoms with E-state index < -0.39 is 0 Å². The summed E-state index contributed by atoms with van der Waals surface area (Å²) in [5.41, 5.74) is 4.47. The first-order valence-electron chi connectivity index (χ1n) is 6.70. The van der Waals surface area contributed by atoms with Crippen molar-refractivity contribution in [1.29, 1.82) is 0 Å². The van der Waals surface area contributed by atoms with Gasteiger partial charge in [0.25, 0.3) is 0 Å². The van der Waals surface area contributed by atoms with Crippen molar-refractivity contribution in [3.63, 3.8) is 0 Å². The van der Waals surface area contributed by atoms with Gasteiger partial charge in [-0.15, -0.1) is 24.2 Å². The van der Waals surface area contributed by atoms with Crippen molar-refractivity contribution in [2.24, 2.45) is 12.0 Å². The summed E-state index contributed by atoms with van der Waals surface area (Å²) in [4.78, 5) is 4.79. The molecular formula is C15H17Cl2N3S. The maximum atomic E-state index is 5.99. The highest BCUT2D eigenvalue weighted by molar-refractivity contribution is 7.99. The molecule has 0 bridgehead atoms. The fraction of sp³-hybridized carbons (Fsp3) is 0.333. The molecule has 0 spiro atoms. The van der Waals surface area contributed by atoms with E-state index in [1.807, 2.05) is 47.8 Å². The number of nitrogens with zero attached hydrogens (tertiary/aromatic N) is 3. The number of halogens is 2. The number of hydrogen-bond acceptors (Lipinski definition) is 3. The molecule has 0 N–H and O–H groups in total. The first-order chi connectivity index (χ1) is 9.70. The standard InChI is InChI=1S/C15H16ClN3S.ClH/c1-3-12-13-14(10-4-6-11(16)7-5-10)17-8-9-20-15(13)19(2)18-12;/h4-7H,3,8-9H2,1-2H3;1H. The molecular weight excluding hydrogens is 325 g/mol. The van der Waals surface area contributed by atoms with E-state index in [1.165, 1.54) is 10.6 Å². The molecule has 112 valence electrons. The van der Waals surface area contributed by atoms with Gasteiger partial charge in [-0.1, -0.05) is 30.7 Å². The number of aromatic nitrogens is 2. The van der Waals surface area contributed by atoms with Crippen LogP contribution in [-0.4, -0.2) is 27.8 Å². The highest BCUT2D eigenvalue weighted by Crippen LogP contribution is 2.30. The number of fused-ring (bicyclic) bond motifs is 1. The number of thioether (sulfide) groups is 1. The molecule has 2 heterocycles. The average Bonchev–Trinajstić information content (AvgIpc) is 2.64. The van der Waals surface area contributed by atoms with Gasteiger partial charge >= 0.3 is 0 Å². The predicted molar refractivity (Wildman–Crippen MR) is 92.5 cm³/mol. The van der Waals surface area contributed by atoms with Crippen LogP contribution >= 0.6 is 35.8 Å². The zero-order valence-electron chi connectivity index (χ0n) is 12.0. The summed E-state index contributed by atoms with van der Waals surface area (Å²) in [7, 11) is 2.01. The van der Waals surface area contributed by atoms with Crippen LogP contribution in [-0.2, 0) is 13.5 Å². The lowest BCUT2D eigenvalue weighted by molar-refractivity contribution is 0.687. The molecule has 0 saturated carbocycles. The Kier molecular flexibility index (Phi) is 5.36. The van der Waals surface area contributed by atoms with Crippen LogP contribution in [0.1, 0.15) is 23.7 Å². The van der Waals surface area contributed by atoms with Crippen LogP contribution in [0.2, 0.25) is 5.02 Å².